The van der Waals surface area contributed by atoms with Gasteiger partial charge >= 0.3 is 0 Å². The van der Waals surface area contributed by atoms with E-state index in [2.05, 4.69) is 32.9 Å². The fraction of sp³-hybridized carbons (Fsp3) is 0.0667. The van der Waals surface area contributed by atoms with Gasteiger partial charge in [-0.2, -0.15) is 0 Å². The fourth-order valence-electron chi connectivity index (χ4n) is 1.56. The van der Waals surface area contributed by atoms with Crippen molar-refractivity contribution < 1.29 is 4.79 Å². The molecule has 1 N–H and O–H groups in total. The third-order valence-corrected chi connectivity index (χ3v) is 3.43. The maximum atomic E-state index is 10.9. The Balaban J connectivity index is 2.11. The Kier molecular flexibility index (Phi) is 4.68. The molecule has 0 spiro atoms. The summed E-state index contributed by atoms with van der Waals surface area (Å²) in [7, 11) is 0. The number of carbonyl (C=O) groups excluding carboxylic acids is 1. The molecule has 0 atom stereocenters. The number of nitrogens with zero attached hydrogens (tertiary/aromatic N) is 1. The summed E-state index contributed by atoms with van der Waals surface area (Å²) in [5.41, 5.74) is 2.73. The van der Waals surface area contributed by atoms with Gasteiger partial charge in [0.15, 0.2) is 0 Å². The second-order valence-corrected chi connectivity index (χ2v) is 5.17. The summed E-state index contributed by atoms with van der Waals surface area (Å²) in [6.07, 6.45) is 1.84. The SMILES string of the molecule is CC(=O)Nc1ccc(N=Cc2ccccc2I)cc1. The van der Waals surface area contributed by atoms with Crippen molar-refractivity contribution in [1.29, 1.82) is 0 Å². The van der Waals surface area contributed by atoms with E-state index >= 15 is 0 Å². The molecule has 0 radical (unpaired) electrons. The molecule has 0 saturated carbocycles. The molecule has 2 rings (SSSR count). The highest BCUT2D eigenvalue weighted by atomic mass is 127. The van der Waals surface area contributed by atoms with Gasteiger partial charge in [0.05, 0.1) is 5.69 Å². The molecule has 0 aliphatic carbocycles. The van der Waals surface area contributed by atoms with Gasteiger partial charge in [-0.25, -0.2) is 0 Å². The minimum absolute atomic E-state index is 0.0740. The van der Waals surface area contributed by atoms with Gasteiger partial charge < -0.3 is 5.32 Å². The first-order valence-corrected chi connectivity index (χ1v) is 6.89. The van der Waals surface area contributed by atoms with E-state index in [1.54, 1.807) is 0 Å². The predicted molar refractivity (Wildman–Crippen MR) is 87.2 cm³/mol. The molecular formula is C15H13IN2O. The second-order valence-electron chi connectivity index (χ2n) is 4.01. The number of hydrogen-bond donors (Lipinski definition) is 1. The van der Waals surface area contributed by atoms with E-state index in [0.29, 0.717) is 0 Å². The van der Waals surface area contributed by atoms with E-state index in [4.69, 9.17) is 0 Å². The molecule has 0 heterocycles. The van der Waals surface area contributed by atoms with Crippen LogP contribution in [0.1, 0.15) is 12.5 Å². The van der Waals surface area contributed by atoms with Gasteiger partial charge in [0.1, 0.15) is 0 Å². The Labute approximate surface area is 125 Å². The van der Waals surface area contributed by atoms with Crippen molar-refractivity contribution in [2.24, 2.45) is 4.99 Å². The van der Waals surface area contributed by atoms with Gasteiger partial charge in [-0.15, -0.1) is 0 Å². The van der Waals surface area contributed by atoms with E-state index in [0.717, 1.165) is 16.9 Å². The number of halogens is 1. The Morgan fingerprint density at radius 3 is 2.47 bits per heavy atom. The third-order valence-electron chi connectivity index (χ3n) is 2.45. The first kappa shape index (κ1) is 13.7. The van der Waals surface area contributed by atoms with Gasteiger partial charge in [-0.1, -0.05) is 18.2 Å². The molecule has 4 heteroatoms. The zero-order valence-corrected chi connectivity index (χ0v) is 12.6. The molecule has 1 amide bonds. The van der Waals surface area contributed by atoms with Crippen molar-refractivity contribution in [3.05, 3.63) is 57.7 Å². The van der Waals surface area contributed by atoms with Crippen LogP contribution in [0.5, 0.6) is 0 Å². The highest BCUT2D eigenvalue weighted by Crippen LogP contribution is 2.17. The van der Waals surface area contributed by atoms with Crippen molar-refractivity contribution in [1.82, 2.24) is 0 Å². The highest BCUT2D eigenvalue weighted by molar-refractivity contribution is 14.1. The minimum atomic E-state index is -0.0740. The van der Waals surface area contributed by atoms with E-state index < -0.39 is 0 Å². The van der Waals surface area contributed by atoms with Gasteiger partial charge in [0.25, 0.3) is 0 Å². The fourth-order valence-corrected chi connectivity index (χ4v) is 2.08. The Bertz CT molecular complexity index is 606. The molecular weight excluding hydrogens is 351 g/mol. The number of anilines is 1. The average Bonchev–Trinajstić information content (AvgIpc) is 2.39. The summed E-state index contributed by atoms with van der Waals surface area (Å²) in [5, 5.41) is 2.72. The van der Waals surface area contributed by atoms with Crippen molar-refractivity contribution in [2.45, 2.75) is 6.92 Å². The van der Waals surface area contributed by atoms with Crippen LogP contribution >= 0.6 is 22.6 Å². The van der Waals surface area contributed by atoms with Crippen molar-refractivity contribution in [3.63, 3.8) is 0 Å². The van der Waals surface area contributed by atoms with Crippen LogP contribution in [-0.4, -0.2) is 12.1 Å². The molecule has 96 valence electrons. The molecule has 0 aliphatic heterocycles. The molecule has 0 aliphatic rings. The Morgan fingerprint density at radius 2 is 1.84 bits per heavy atom. The zero-order chi connectivity index (χ0) is 13.7. The van der Waals surface area contributed by atoms with Crippen LogP contribution in [0, 0.1) is 3.57 Å². The summed E-state index contributed by atoms with van der Waals surface area (Å²) in [6, 6.07) is 15.5. The van der Waals surface area contributed by atoms with E-state index in [1.165, 1.54) is 10.5 Å². The van der Waals surface area contributed by atoms with Crippen LogP contribution in [0.3, 0.4) is 0 Å². The van der Waals surface area contributed by atoms with Crippen LogP contribution in [0.2, 0.25) is 0 Å². The van der Waals surface area contributed by atoms with Crippen LogP contribution in [0.25, 0.3) is 0 Å². The molecule has 0 saturated heterocycles. The maximum absolute atomic E-state index is 10.9. The average molecular weight is 364 g/mol. The molecule has 0 fully saturated rings. The lowest BCUT2D eigenvalue weighted by Crippen LogP contribution is -2.04. The molecule has 2 aromatic rings. The number of aliphatic imine (C=N–C) groups is 1. The molecule has 2 aromatic carbocycles. The quantitative estimate of drug-likeness (QED) is 0.649. The minimum Gasteiger partial charge on any atom is -0.326 e. The van der Waals surface area contributed by atoms with Gasteiger partial charge in [-0.05, 0) is 52.9 Å². The molecule has 0 unspecified atom stereocenters. The lowest BCUT2D eigenvalue weighted by Gasteiger charge is -2.01. The molecule has 19 heavy (non-hydrogen) atoms. The van der Waals surface area contributed by atoms with Gasteiger partial charge in [0, 0.05) is 28.0 Å². The Hall–Kier alpha value is -1.69. The normalized spacial score (nSPS) is 10.6. The van der Waals surface area contributed by atoms with Gasteiger partial charge in [0.2, 0.25) is 5.91 Å². The summed E-state index contributed by atoms with van der Waals surface area (Å²) in [6.45, 7) is 1.49. The lowest BCUT2D eigenvalue weighted by atomic mass is 10.2. The maximum Gasteiger partial charge on any atom is 0.221 e. The lowest BCUT2D eigenvalue weighted by molar-refractivity contribution is -0.114. The number of carbonyl (C=O) groups is 1. The Morgan fingerprint density at radius 1 is 1.16 bits per heavy atom. The number of nitrogens with one attached hydrogen (secondary N) is 1. The van der Waals surface area contributed by atoms with Crippen molar-refractivity contribution >= 4 is 46.1 Å². The predicted octanol–water partition coefficient (Wildman–Crippen LogP) is 4.00. The van der Waals surface area contributed by atoms with E-state index in [9.17, 15) is 4.79 Å². The highest BCUT2D eigenvalue weighted by Gasteiger charge is 1.96. The van der Waals surface area contributed by atoms with E-state index in [1.807, 2.05) is 54.7 Å². The topological polar surface area (TPSA) is 41.5 Å². The van der Waals surface area contributed by atoms with Crippen LogP contribution in [0.15, 0.2) is 53.5 Å². The van der Waals surface area contributed by atoms with Crippen LogP contribution < -0.4 is 5.32 Å². The standard InChI is InChI=1S/C15H13IN2O/c1-11(19)18-14-8-6-13(7-9-14)17-10-12-4-2-3-5-15(12)16/h2-10H,1H3,(H,18,19). The molecule has 0 bridgehead atoms. The number of hydrogen-bond acceptors (Lipinski definition) is 2. The van der Waals surface area contributed by atoms with Crippen molar-refractivity contribution in [2.75, 3.05) is 5.32 Å². The molecule has 0 aromatic heterocycles. The van der Waals surface area contributed by atoms with Crippen LogP contribution in [0.4, 0.5) is 11.4 Å². The van der Waals surface area contributed by atoms with E-state index in [-0.39, 0.29) is 5.91 Å². The summed E-state index contributed by atoms with van der Waals surface area (Å²) in [4.78, 5) is 15.3. The summed E-state index contributed by atoms with van der Waals surface area (Å²) >= 11 is 2.28. The smallest absolute Gasteiger partial charge is 0.221 e. The van der Waals surface area contributed by atoms with Crippen LogP contribution in [-0.2, 0) is 4.79 Å². The summed E-state index contributed by atoms with van der Waals surface area (Å²) < 4.78 is 1.17. The number of benzene rings is 2. The number of amides is 1. The second kappa shape index (κ2) is 6.47. The van der Waals surface area contributed by atoms with Crippen molar-refractivity contribution in [3.8, 4) is 0 Å². The first-order chi connectivity index (χ1) is 9.15. The molecule has 3 nitrogen and oxygen atoms in total. The largest absolute Gasteiger partial charge is 0.326 e. The first-order valence-electron chi connectivity index (χ1n) is 5.81. The van der Waals surface area contributed by atoms with Gasteiger partial charge in [-0.3, -0.25) is 9.79 Å². The zero-order valence-electron chi connectivity index (χ0n) is 10.4. The third kappa shape index (κ3) is 4.17. The monoisotopic (exact) mass is 364 g/mol. The number of rotatable bonds is 3. The summed E-state index contributed by atoms with van der Waals surface area (Å²) in [5.74, 6) is -0.0740.